The molecule has 1 amide bonds. The van der Waals surface area contributed by atoms with Gasteiger partial charge in [-0.25, -0.2) is 8.78 Å². The van der Waals surface area contributed by atoms with E-state index in [0.717, 1.165) is 21.9 Å². The highest BCUT2D eigenvalue weighted by Gasteiger charge is 2.16. The van der Waals surface area contributed by atoms with Crippen molar-refractivity contribution in [2.24, 2.45) is 0 Å². The summed E-state index contributed by atoms with van der Waals surface area (Å²) in [6, 6.07) is 5.07. The van der Waals surface area contributed by atoms with E-state index >= 15 is 0 Å². The molecule has 0 radical (unpaired) electrons. The van der Waals surface area contributed by atoms with Crippen LogP contribution in [0.15, 0.2) is 24.3 Å². The summed E-state index contributed by atoms with van der Waals surface area (Å²) in [6.45, 7) is 5.56. The van der Waals surface area contributed by atoms with E-state index in [4.69, 9.17) is 0 Å². The van der Waals surface area contributed by atoms with Crippen molar-refractivity contribution in [2.45, 2.75) is 26.8 Å². The number of carbonyl (C=O) groups excluding carboxylic acids is 1. The minimum Gasteiger partial charge on any atom is -0.345 e. The summed E-state index contributed by atoms with van der Waals surface area (Å²) >= 11 is 1.55. The zero-order valence-electron chi connectivity index (χ0n) is 11.5. The Bertz CT molecular complexity index is 651. The first-order valence-electron chi connectivity index (χ1n) is 6.21. The maximum atomic E-state index is 13.2. The molecule has 1 N–H and O–H groups in total. The zero-order valence-corrected chi connectivity index (χ0v) is 12.3. The van der Waals surface area contributed by atoms with Crippen LogP contribution in [0.3, 0.4) is 0 Å². The van der Waals surface area contributed by atoms with Crippen LogP contribution in [0, 0.1) is 25.5 Å². The molecule has 1 heterocycles. The maximum Gasteiger partial charge on any atom is 0.252 e. The van der Waals surface area contributed by atoms with Crippen LogP contribution in [-0.2, 0) is 0 Å². The smallest absolute Gasteiger partial charge is 0.252 e. The highest BCUT2D eigenvalue weighted by Crippen LogP contribution is 2.22. The van der Waals surface area contributed by atoms with Crippen molar-refractivity contribution in [3.8, 4) is 0 Å². The van der Waals surface area contributed by atoms with Crippen LogP contribution in [0.2, 0.25) is 0 Å². The molecule has 0 aliphatic rings. The number of carbonyl (C=O) groups is 1. The fraction of sp³-hybridized carbons (Fsp3) is 0.267. The summed E-state index contributed by atoms with van der Waals surface area (Å²) in [4.78, 5) is 14.1. The van der Waals surface area contributed by atoms with Crippen LogP contribution < -0.4 is 5.32 Å². The van der Waals surface area contributed by atoms with E-state index in [-0.39, 0.29) is 5.91 Å². The highest BCUT2D eigenvalue weighted by atomic mass is 32.1. The van der Waals surface area contributed by atoms with Crippen molar-refractivity contribution >= 4 is 17.2 Å². The number of nitrogens with one attached hydrogen (secondary N) is 1. The summed E-state index contributed by atoms with van der Waals surface area (Å²) in [6.07, 6.45) is 0. The van der Waals surface area contributed by atoms with Gasteiger partial charge in [0.25, 0.3) is 5.91 Å². The van der Waals surface area contributed by atoms with Gasteiger partial charge >= 0.3 is 0 Å². The molecule has 0 aliphatic carbocycles. The van der Waals surface area contributed by atoms with Crippen LogP contribution in [0.1, 0.15) is 38.6 Å². The van der Waals surface area contributed by atoms with Gasteiger partial charge in [-0.1, -0.05) is 6.07 Å². The SMILES string of the molecule is Cc1cc(C(=O)NC(C)c2ccc(F)c(F)c2)c(C)s1. The molecule has 0 aliphatic heterocycles. The van der Waals surface area contributed by atoms with Gasteiger partial charge in [0.2, 0.25) is 0 Å². The van der Waals surface area contributed by atoms with E-state index in [1.54, 1.807) is 18.3 Å². The van der Waals surface area contributed by atoms with Crippen molar-refractivity contribution in [1.82, 2.24) is 5.32 Å². The summed E-state index contributed by atoms with van der Waals surface area (Å²) in [5.74, 6) is -2.01. The van der Waals surface area contributed by atoms with Gasteiger partial charge in [0.05, 0.1) is 11.6 Å². The molecular weight excluding hydrogens is 280 g/mol. The third kappa shape index (κ3) is 3.04. The van der Waals surface area contributed by atoms with Gasteiger partial charge in [0.1, 0.15) is 0 Å². The first-order valence-corrected chi connectivity index (χ1v) is 7.03. The lowest BCUT2D eigenvalue weighted by Crippen LogP contribution is -2.26. The van der Waals surface area contributed by atoms with E-state index in [9.17, 15) is 13.6 Å². The molecule has 2 nitrogen and oxygen atoms in total. The van der Waals surface area contributed by atoms with Crippen LogP contribution in [0.4, 0.5) is 8.78 Å². The Kier molecular flexibility index (Phi) is 4.18. The standard InChI is InChI=1S/C15H15F2NOS/c1-8-6-12(10(3)20-8)15(19)18-9(2)11-4-5-13(16)14(17)7-11/h4-7,9H,1-3H3,(H,18,19). The fourth-order valence-electron chi connectivity index (χ4n) is 2.00. The topological polar surface area (TPSA) is 29.1 Å². The van der Waals surface area contributed by atoms with E-state index in [0.29, 0.717) is 11.1 Å². The zero-order chi connectivity index (χ0) is 14.9. The van der Waals surface area contributed by atoms with Crippen LogP contribution in [0.25, 0.3) is 0 Å². The molecule has 1 aromatic carbocycles. The maximum absolute atomic E-state index is 13.2. The molecule has 2 aromatic rings. The number of hydrogen-bond acceptors (Lipinski definition) is 2. The summed E-state index contributed by atoms with van der Waals surface area (Å²) in [5, 5.41) is 2.79. The molecule has 5 heteroatoms. The summed E-state index contributed by atoms with van der Waals surface area (Å²) < 4.78 is 26.1. The molecule has 1 atom stereocenters. The highest BCUT2D eigenvalue weighted by molar-refractivity contribution is 7.12. The molecule has 0 saturated carbocycles. The first kappa shape index (κ1) is 14.7. The third-order valence-corrected chi connectivity index (χ3v) is 4.04. The van der Waals surface area contributed by atoms with Gasteiger partial charge in [-0.3, -0.25) is 4.79 Å². The third-order valence-electron chi connectivity index (χ3n) is 3.08. The minimum absolute atomic E-state index is 0.205. The Hall–Kier alpha value is -1.75. The average molecular weight is 295 g/mol. The van der Waals surface area contributed by atoms with Gasteiger partial charge in [-0.15, -0.1) is 11.3 Å². The normalized spacial score (nSPS) is 12.2. The molecule has 20 heavy (non-hydrogen) atoms. The van der Waals surface area contributed by atoms with Crippen molar-refractivity contribution in [1.29, 1.82) is 0 Å². The Morgan fingerprint density at radius 2 is 1.90 bits per heavy atom. The molecule has 2 rings (SSSR count). The van der Waals surface area contributed by atoms with Crippen molar-refractivity contribution in [3.63, 3.8) is 0 Å². The quantitative estimate of drug-likeness (QED) is 0.906. The number of benzene rings is 1. The lowest BCUT2D eigenvalue weighted by molar-refractivity contribution is 0.0939. The predicted molar refractivity (Wildman–Crippen MR) is 76.0 cm³/mol. The van der Waals surface area contributed by atoms with Gasteiger partial charge in [-0.2, -0.15) is 0 Å². The number of halogens is 2. The van der Waals surface area contributed by atoms with Crippen LogP contribution in [0.5, 0.6) is 0 Å². The fourth-order valence-corrected chi connectivity index (χ4v) is 2.92. The molecule has 0 bridgehead atoms. The number of hydrogen-bond donors (Lipinski definition) is 1. The number of rotatable bonds is 3. The van der Waals surface area contributed by atoms with Crippen LogP contribution >= 0.6 is 11.3 Å². The Morgan fingerprint density at radius 3 is 2.45 bits per heavy atom. The van der Waals surface area contributed by atoms with Gasteiger partial charge in [-0.05, 0) is 44.5 Å². The predicted octanol–water partition coefficient (Wildman–Crippen LogP) is 4.13. The van der Waals surface area contributed by atoms with E-state index < -0.39 is 17.7 Å². The monoisotopic (exact) mass is 295 g/mol. The summed E-state index contributed by atoms with van der Waals surface area (Å²) in [5.41, 5.74) is 1.16. The van der Waals surface area contributed by atoms with Gasteiger partial charge < -0.3 is 5.32 Å². The molecule has 0 fully saturated rings. The molecule has 1 unspecified atom stereocenters. The Labute approximate surface area is 120 Å². The molecular formula is C15H15F2NOS. The molecule has 1 aromatic heterocycles. The largest absolute Gasteiger partial charge is 0.345 e. The van der Waals surface area contributed by atoms with Crippen molar-refractivity contribution < 1.29 is 13.6 Å². The number of thiophene rings is 1. The second kappa shape index (κ2) is 5.71. The van der Waals surface area contributed by atoms with Gasteiger partial charge in [0.15, 0.2) is 11.6 Å². The van der Waals surface area contributed by atoms with Crippen LogP contribution in [-0.4, -0.2) is 5.91 Å². The number of amides is 1. The minimum atomic E-state index is -0.911. The molecule has 0 saturated heterocycles. The number of aryl methyl sites for hydroxylation is 2. The average Bonchev–Trinajstić information content (AvgIpc) is 2.71. The van der Waals surface area contributed by atoms with Gasteiger partial charge in [0, 0.05) is 9.75 Å². The first-order chi connectivity index (χ1) is 9.38. The van der Waals surface area contributed by atoms with E-state index in [2.05, 4.69) is 5.32 Å². The van der Waals surface area contributed by atoms with E-state index in [1.165, 1.54) is 6.07 Å². The molecule has 0 spiro atoms. The van der Waals surface area contributed by atoms with E-state index in [1.807, 2.05) is 19.9 Å². The molecule has 106 valence electrons. The van der Waals surface area contributed by atoms with Crippen molar-refractivity contribution in [2.75, 3.05) is 0 Å². The summed E-state index contributed by atoms with van der Waals surface area (Å²) in [7, 11) is 0. The Balaban J connectivity index is 2.14. The second-order valence-electron chi connectivity index (χ2n) is 4.70. The van der Waals surface area contributed by atoms with Crippen molar-refractivity contribution in [3.05, 3.63) is 56.8 Å². The lowest BCUT2D eigenvalue weighted by atomic mass is 10.1. The lowest BCUT2D eigenvalue weighted by Gasteiger charge is -2.14. The second-order valence-corrected chi connectivity index (χ2v) is 6.16. The Morgan fingerprint density at radius 1 is 1.20 bits per heavy atom.